The van der Waals surface area contributed by atoms with Crippen molar-refractivity contribution in [3.05, 3.63) is 54.1 Å². The number of para-hydroxylation sites is 1. The van der Waals surface area contributed by atoms with E-state index in [2.05, 4.69) is 15.8 Å². The summed E-state index contributed by atoms with van der Waals surface area (Å²) in [6.07, 6.45) is 1.24. The first kappa shape index (κ1) is 16.0. The van der Waals surface area contributed by atoms with E-state index in [-0.39, 0.29) is 5.75 Å². The number of nitrogens with one attached hydrogen (secondary N) is 2. The van der Waals surface area contributed by atoms with Crippen molar-refractivity contribution in [1.82, 2.24) is 5.43 Å². The largest absolute Gasteiger partial charge is 0.507 e. The maximum atomic E-state index is 11.7. The van der Waals surface area contributed by atoms with Crippen LogP contribution >= 0.6 is 0 Å². The number of hydrogen-bond donors (Lipinski definition) is 3. The van der Waals surface area contributed by atoms with Gasteiger partial charge in [0.15, 0.2) is 0 Å². The Morgan fingerprint density at radius 1 is 1.13 bits per heavy atom. The molecule has 0 fully saturated rings. The van der Waals surface area contributed by atoms with Crippen LogP contribution in [0.2, 0.25) is 0 Å². The van der Waals surface area contributed by atoms with Gasteiger partial charge in [-0.2, -0.15) is 5.10 Å². The first-order valence-corrected chi connectivity index (χ1v) is 6.66. The summed E-state index contributed by atoms with van der Waals surface area (Å²) in [6.45, 7) is 0. The third-order valence-corrected chi connectivity index (χ3v) is 2.84. The van der Waals surface area contributed by atoms with Gasteiger partial charge in [0.25, 0.3) is 0 Å². The van der Waals surface area contributed by atoms with E-state index in [1.54, 1.807) is 42.5 Å². The fraction of sp³-hybridized carbons (Fsp3) is 0.0625. The van der Waals surface area contributed by atoms with E-state index in [9.17, 15) is 14.7 Å². The van der Waals surface area contributed by atoms with E-state index in [0.29, 0.717) is 17.0 Å². The molecule has 0 heterocycles. The number of carbonyl (C=O) groups excluding carboxylic acids is 2. The second-order valence-electron chi connectivity index (χ2n) is 4.44. The average molecular weight is 313 g/mol. The summed E-state index contributed by atoms with van der Waals surface area (Å²) in [5.74, 6) is -1.22. The van der Waals surface area contributed by atoms with Crippen molar-refractivity contribution >= 4 is 23.7 Å². The molecule has 0 saturated carbocycles. The summed E-state index contributed by atoms with van der Waals surface area (Å²) in [5, 5.41) is 15.6. The van der Waals surface area contributed by atoms with Crippen molar-refractivity contribution < 1.29 is 19.4 Å². The number of amides is 2. The molecule has 7 heteroatoms. The Bertz CT molecular complexity index is 744. The first-order valence-electron chi connectivity index (χ1n) is 6.66. The summed E-state index contributed by atoms with van der Waals surface area (Å²) in [4.78, 5) is 23.4. The quantitative estimate of drug-likeness (QED) is 0.452. The van der Waals surface area contributed by atoms with Crippen molar-refractivity contribution in [1.29, 1.82) is 0 Å². The number of carbonyl (C=O) groups is 2. The SMILES string of the molecule is COc1cccc(NC(=O)C(=O)N/N=C/c2ccccc2O)c1. The van der Waals surface area contributed by atoms with E-state index < -0.39 is 11.8 Å². The number of methoxy groups -OCH3 is 1. The normalized spacial score (nSPS) is 10.3. The molecule has 0 radical (unpaired) electrons. The van der Waals surface area contributed by atoms with Crippen molar-refractivity contribution in [2.24, 2.45) is 5.10 Å². The third kappa shape index (κ3) is 4.57. The zero-order valence-corrected chi connectivity index (χ0v) is 12.3. The van der Waals surface area contributed by atoms with Gasteiger partial charge in [-0.25, -0.2) is 5.43 Å². The van der Waals surface area contributed by atoms with Crippen LogP contribution in [0, 0.1) is 0 Å². The highest BCUT2D eigenvalue weighted by molar-refractivity contribution is 6.39. The number of hydrazone groups is 1. The minimum Gasteiger partial charge on any atom is -0.507 e. The lowest BCUT2D eigenvalue weighted by molar-refractivity contribution is -0.136. The average Bonchev–Trinajstić information content (AvgIpc) is 2.56. The molecule has 2 rings (SSSR count). The van der Waals surface area contributed by atoms with Crippen LogP contribution in [0.5, 0.6) is 11.5 Å². The monoisotopic (exact) mass is 313 g/mol. The van der Waals surface area contributed by atoms with Crippen LogP contribution in [-0.2, 0) is 9.59 Å². The third-order valence-electron chi connectivity index (χ3n) is 2.84. The van der Waals surface area contributed by atoms with E-state index in [4.69, 9.17) is 4.74 Å². The molecule has 2 amide bonds. The Kier molecular flexibility index (Phi) is 5.30. The van der Waals surface area contributed by atoms with Gasteiger partial charge in [0, 0.05) is 17.3 Å². The van der Waals surface area contributed by atoms with Crippen LogP contribution in [0.3, 0.4) is 0 Å². The Balaban J connectivity index is 1.92. The van der Waals surface area contributed by atoms with Crippen LogP contribution in [0.4, 0.5) is 5.69 Å². The molecule has 7 nitrogen and oxygen atoms in total. The summed E-state index contributed by atoms with van der Waals surface area (Å²) >= 11 is 0. The fourth-order valence-corrected chi connectivity index (χ4v) is 1.70. The molecule has 0 spiro atoms. The molecular weight excluding hydrogens is 298 g/mol. The number of phenolic OH excluding ortho intramolecular Hbond substituents is 1. The molecule has 118 valence electrons. The minimum atomic E-state index is -0.931. The summed E-state index contributed by atoms with van der Waals surface area (Å²) in [7, 11) is 1.50. The van der Waals surface area contributed by atoms with Gasteiger partial charge in [-0.05, 0) is 24.3 Å². The van der Waals surface area contributed by atoms with Crippen LogP contribution in [-0.4, -0.2) is 30.2 Å². The lowest BCUT2D eigenvalue weighted by Crippen LogP contribution is -2.32. The standard InChI is InChI=1S/C16H15N3O4/c1-23-13-7-4-6-12(9-13)18-15(21)16(22)19-17-10-11-5-2-3-8-14(11)20/h2-10,20H,1H3,(H,18,21)(H,19,22)/b17-10+. The van der Waals surface area contributed by atoms with Crippen LogP contribution < -0.4 is 15.5 Å². The molecule has 23 heavy (non-hydrogen) atoms. The summed E-state index contributed by atoms with van der Waals surface area (Å²) in [5.41, 5.74) is 2.93. The molecule has 0 bridgehead atoms. The molecule has 0 aliphatic carbocycles. The highest BCUT2D eigenvalue weighted by atomic mass is 16.5. The minimum absolute atomic E-state index is 0.0198. The summed E-state index contributed by atoms with van der Waals surface area (Å²) in [6, 6.07) is 13.1. The number of hydrogen-bond acceptors (Lipinski definition) is 5. The second-order valence-corrected chi connectivity index (χ2v) is 4.44. The number of nitrogens with zero attached hydrogens (tertiary/aromatic N) is 1. The summed E-state index contributed by atoms with van der Waals surface area (Å²) < 4.78 is 5.02. The molecular formula is C16H15N3O4. The molecule has 0 aromatic heterocycles. The van der Waals surface area contributed by atoms with E-state index in [1.165, 1.54) is 19.4 Å². The lowest BCUT2D eigenvalue weighted by Gasteiger charge is -2.05. The molecule has 0 aliphatic rings. The van der Waals surface area contributed by atoms with Gasteiger partial charge in [0.1, 0.15) is 11.5 Å². The Morgan fingerprint density at radius 2 is 1.91 bits per heavy atom. The van der Waals surface area contributed by atoms with Crippen molar-refractivity contribution in [2.45, 2.75) is 0 Å². The van der Waals surface area contributed by atoms with Gasteiger partial charge in [-0.15, -0.1) is 0 Å². The van der Waals surface area contributed by atoms with Crippen molar-refractivity contribution in [3.8, 4) is 11.5 Å². The number of rotatable bonds is 4. The fourth-order valence-electron chi connectivity index (χ4n) is 1.70. The Labute approximate surface area is 132 Å². The van der Waals surface area contributed by atoms with Gasteiger partial charge >= 0.3 is 11.8 Å². The first-order chi connectivity index (χ1) is 11.1. The molecule has 0 aliphatic heterocycles. The smallest absolute Gasteiger partial charge is 0.329 e. The van der Waals surface area contributed by atoms with Gasteiger partial charge in [-0.3, -0.25) is 9.59 Å². The van der Waals surface area contributed by atoms with Crippen LogP contribution in [0.15, 0.2) is 53.6 Å². The molecule has 0 saturated heterocycles. The van der Waals surface area contributed by atoms with Crippen LogP contribution in [0.1, 0.15) is 5.56 Å². The van der Waals surface area contributed by atoms with Crippen LogP contribution in [0.25, 0.3) is 0 Å². The highest BCUT2D eigenvalue weighted by Gasteiger charge is 2.13. The van der Waals surface area contributed by atoms with Gasteiger partial charge < -0.3 is 15.2 Å². The number of aromatic hydroxyl groups is 1. The van der Waals surface area contributed by atoms with Crippen molar-refractivity contribution in [2.75, 3.05) is 12.4 Å². The number of phenols is 1. The van der Waals surface area contributed by atoms with E-state index in [0.717, 1.165) is 0 Å². The molecule has 0 unspecified atom stereocenters. The van der Waals surface area contributed by atoms with Gasteiger partial charge in [-0.1, -0.05) is 18.2 Å². The Hall–Kier alpha value is -3.35. The number of ether oxygens (including phenoxy) is 1. The number of benzene rings is 2. The topological polar surface area (TPSA) is 100 Å². The molecule has 3 N–H and O–H groups in total. The molecule has 2 aromatic carbocycles. The molecule has 2 aromatic rings. The predicted molar refractivity (Wildman–Crippen MR) is 85.5 cm³/mol. The maximum Gasteiger partial charge on any atom is 0.329 e. The van der Waals surface area contributed by atoms with Gasteiger partial charge in [0.2, 0.25) is 0 Å². The maximum absolute atomic E-state index is 11.7. The lowest BCUT2D eigenvalue weighted by atomic mass is 10.2. The Morgan fingerprint density at radius 3 is 2.65 bits per heavy atom. The number of anilines is 1. The van der Waals surface area contributed by atoms with Crippen molar-refractivity contribution in [3.63, 3.8) is 0 Å². The van der Waals surface area contributed by atoms with E-state index >= 15 is 0 Å². The zero-order chi connectivity index (χ0) is 16.7. The van der Waals surface area contributed by atoms with E-state index in [1.807, 2.05) is 0 Å². The molecule has 0 atom stereocenters. The zero-order valence-electron chi connectivity index (χ0n) is 12.3. The highest BCUT2D eigenvalue weighted by Crippen LogP contribution is 2.16. The van der Waals surface area contributed by atoms with Gasteiger partial charge in [0.05, 0.1) is 13.3 Å². The predicted octanol–water partition coefficient (Wildman–Crippen LogP) is 1.49. The second kappa shape index (κ2) is 7.60.